The molecule has 47 heavy (non-hydrogen) atoms. The molecule has 2 heterocycles. The number of nitrogens with zero attached hydrogens (tertiary/aromatic N) is 3. The van der Waals surface area contributed by atoms with Gasteiger partial charge in [-0.1, -0.05) is 121 Å². The van der Waals surface area contributed by atoms with Gasteiger partial charge in [-0.15, -0.1) is 0 Å². The monoisotopic (exact) mass is 604 g/mol. The molecule has 0 amide bonds. The molecule has 222 valence electrons. The Bertz CT molecular complexity index is 2620. The van der Waals surface area contributed by atoms with E-state index in [1.807, 2.05) is 43.4 Å². The van der Waals surface area contributed by atoms with Crippen LogP contribution in [0.3, 0.4) is 0 Å². The van der Waals surface area contributed by atoms with Gasteiger partial charge in [0.1, 0.15) is 11.2 Å². The Morgan fingerprint density at radius 2 is 1.15 bits per heavy atom. The molecule has 5 heteroatoms. The van der Waals surface area contributed by atoms with Crippen LogP contribution >= 0.6 is 0 Å². The Hall–Kier alpha value is -6.33. The molecule has 9 rings (SSSR count). The third kappa shape index (κ3) is 4.51. The maximum Gasteiger partial charge on any atom is 0.167 e. The third-order valence-corrected chi connectivity index (χ3v) is 8.91. The van der Waals surface area contributed by atoms with Crippen LogP contribution in [0.5, 0.6) is 0 Å². The highest BCUT2D eigenvalue weighted by Gasteiger charge is 2.22. The first-order valence-corrected chi connectivity index (χ1v) is 15.7. The van der Waals surface area contributed by atoms with Crippen molar-refractivity contribution in [1.29, 1.82) is 0 Å². The van der Waals surface area contributed by atoms with Crippen LogP contribution in [-0.4, -0.2) is 22.0 Å². The van der Waals surface area contributed by atoms with Crippen LogP contribution in [0.15, 0.2) is 150 Å². The minimum absolute atomic E-state index is 0.559. The van der Waals surface area contributed by atoms with Gasteiger partial charge in [0, 0.05) is 40.0 Å². The number of hydrogen-bond donors (Lipinski definition) is 1. The Labute approximate surface area is 271 Å². The lowest BCUT2D eigenvalue weighted by Crippen LogP contribution is -2.03. The predicted octanol–water partition coefficient (Wildman–Crippen LogP) is 10.8. The Morgan fingerprint density at radius 3 is 2.00 bits per heavy atom. The molecule has 0 spiro atoms. The second-order valence-corrected chi connectivity index (χ2v) is 11.7. The smallest absolute Gasteiger partial charge is 0.167 e. The number of anilines is 1. The number of para-hydroxylation sites is 2. The highest BCUT2D eigenvalue weighted by atomic mass is 16.3. The van der Waals surface area contributed by atoms with Gasteiger partial charge in [0.25, 0.3) is 0 Å². The first-order valence-electron chi connectivity index (χ1n) is 15.7. The van der Waals surface area contributed by atoms with Gasteiger partial charge in [-0.25, -0.2) is 15.0 Å². The summed E-state index contributed by atoms with van der Waals surface area (Å²) in [5, 5.41) is 9.95. The second kappa shape index (κ2) is 10.9. The molecule has 0 aliphatic rings. The fourth-order valence-corrected chi connectivity index (χ4v) is 6.66. The van der Waals surface area contributed by atoms with Crippen LogP contribution in [0.1, 0.15) is 0 Å². The van der Waals surface area contributed by atoms with E-state index in [1.54, 1.807) is 0 Å². The predicted molar refractivity (Wildman–Crippen MR) is 193 cm³/mol. The molecule has 0 aliphatic carbocycles. The molecular weight excluding hydrogens is 576 g/mol. The Balaban J connectivity index is 1.38. The summed E-state index contributed by atoms with van der Waals surface area (Å²) >= 11 is 0. The quantitative estimate of drug-likeness (QED) is 0.212. The normalized spacial score (nSPS) is 11.5. The van der Waals surface area contributed by atoms with Gasteiger partial charge in [0.05, 0.1) is 5.56 Å². The van der Waals surface area contributed by atoms with Gasteiger partial charge in [0.15, 0.2) is 17.5 Å². The summed E-state index contributed by atoms with van der Waals surface area (Å²) in [6.45, 7) is 0. The summed E-state index contributed by atoms with van der Waals surface area (Å²) < 4.78 is 6.47. The lowest BCUT2D eigenvalue weighted by molar-refractivity contribution is 0.669. The highest BCUT2D eigenvalue weighted by Crippen LogP contribution is 2.42. The van der Waals surface area contributed by atoms with Gasteiger partial charge in [-0.05, 0) is 51.6 Å². The first kappa shape index (κ1) is 27.0. The van der Waals surface area contributed by atoms with E-state index in [-0.39, 0.29) is 0 Å². The molecule has 1 N–H and O–H groups in total. The zero-order chi connectivity index (χ0) is 31.3. The van der Waals surface area contributed by atoms with E-state index in [4.69, 9.17) is 19.4 Å². The zero-order valence-corrected chi connectivity index (χ0v) is 25.6. The summed E-state index contributed by atoms with van der Waals surface area (Å²) in [7, 11) is 1.96. The average Bonchev–Trinajstić information content (AvgIpc) is 3.53. The van der Waals surface area contributed by atoms with Crippen LogP contribution in [0.25, 0.3) is 88.8 Å². The van der Waals surface area contributed by atoms with Crippen molar-refractivity contribution >= 4 is 49.2 Å². The number of benzene rings is 7. The number of furan rings is 1. The molecule has 0 aliphatic heterocycles. The van der Waals surface area contributed by atoms with E-state index in [0.717, 1.165) is 77.0 Å². The number of nitrogens with one attached hydrogen (secondary N) is 1. The van der Waals surface area contributed by atoms with Crippen LogP contribution in [0, 0.1) is 0 Å². The van der Waals surface area contributed by atoms with Crippen molar-refractivity contribution in [2.24, 2.45) is 0 Å². The molecule has 0 unspecified atom stereocenters. The number of aromatic nitrogens is 3. The molecule has 0 saturated carbocycles. The molecule has 9 aromatic rings. The van der Waals surface area contributed by atoms with E-state index in [2.05, 4.69) is 115 Å². The van der Waals surface area contributed by atoms with Crippen LogP contribution < -0.4 is 5.32 Å². The minimum Gasteiger partial charge on any atom is -0.455 e. The third-order valence-electron chi connectivity index (χ3n) is 8.91. The van der Waals surface area contributed by atoms with E-state index >= 15 is 0 Å². The molecular formula is C42H28N4O. The summed E-state index contributed by atoms with van der Waals surface area (Å²) in [6, 6.07) is 50.1. The topological polar surface area (TPSA) is 63.8 Å². The SMILES string of the molecule is CNc1cc(-c2ccccc2)c(-c2nc(-c3ccc4ccccc4c3)nc(-c3cccc4c3oc3ccccc34)n2)c2ccccc12. The van der Waals surface area contributed by atoms with Crippen LogP contribution in [0.2, 0.25) is 0 Å². The highest BCUT2D eigenvalue weighted by molar-refractivity contribution is 6.10. The van der Waals surface area contributed by atoms with E-state index in [0.29, 0.717) is 17.5 Å². The molecule has 0 fully saturated rings. The molecule has 7 aromatic carbocycles. The zero-order valence-electron chi connectivity index (χ0n) is 25.6. The molecule has 0 bridgehead atoms. The summed E-state index contributed by atoms with van der Waals surface area (Å²) in [6.07, 6.45) is 0. The lowest BCUT2D eigenvalue weighted by atomic mass is 9.92. The summed E-state index contributed by atoms with van der Waals surface area (Å²) in [5.41, 5.74) is 7.45. The van der Waals surface area contributed by atoms with Crippen LogP contribution in [0.4, 0.5) is 5.69 Å². The Kier molecular flexibility index (Phi) is 6.28. The number of hydrogen-bond acceptors (Lipinski definition) is 5. The van der Waals surface area contributed by atoms with E-state index in [1.165, 1.54) is 0 Å². The first-order chi connectivity index (χ1) is 23.2. The van der Waals surface area contributed by atoms with Crippen molar-refractivity contribution in [2.75, 3.05) is 12.4 Å². The molecule has 0 saturated heterocycles. The van der Waals surface area contributed by atoms with Crippen molar-refractivity contribution in [1.82, 2.24) is 15.0 Å². The number of fused-ring (bicyclic) bond motifs is 5. The molecule has 0 radical (unpaired) electrons. The van der Waals surface area contributed by atoms with Gasteiger partial charge in [-0.2, -0.15) is 0 Å². The number of rotatable bonds is 5. The summed E-state index contributed by atoms with van der Waals surface area (Å²) in [5.74, 6) is 1.76. The minimum atomic E-state index is 0.559. The Morgan fingerprint density at radius 1 is 0.468 bits per heavy atom. The van der Waals surface area contributed by atoms with E-state index < -0.39 is 0 Å². The lowest BCUT2D eigenvalue weighted by Gasteiger charge is -2.17. The maximum absolute atomic E-state index is 6.47. The molecule has 5 nitrogen and oxygen atoms in total. The van der Waals surface area contributed by atoms with E-state index in [9.17, 15) is 0 Å². The maximum atomic E-state index is 6.47. The fourth-order valence-electron chi connectivity index (χ4n) is 6.66. The second-order valence-electron chi connectivity index (χ2n) is 11.7. The summed E-state index contributed by atoms with van der Waals surface area (Å²) in [4.78, 5) is 15.7. The van der Waals surface area contributed by atoms with Gasteiger partial charge in [-0.3, -0.25) is 0 Å². The largest absolute Gasteiger partial charge is 0.455 e. The standard InChI is InChI=1S/C42H28N4O/c1-43-36-25-35(27-13-3-2-4-14-27)38(32-18-8-7-16-30(32)36)42-45-40(29-23-22-26-12-5-6-15-28(26)24-29)44-41(46-42)34-20-11-19-33-31-17-9-10-21-37(31)47-39(33)34/h2-25,43H,1H3. The van der Waals surface area contributed by atoms with Crippen molar-refractivity contribution in [3.8, 4) is 45.3 Å². The van der Waals surface area contributed by atoms with Crippen LogP contribution in [-0.2, 0) is 0 Å². The molecule has 0 atom stereocenters. The molecule has 2 aromatic heterocycles. The van der Waals surface area contributed by atoms with Gasteiger partial charge < -0.3 is 9.73 Å². The van der Waals surface area contributed by atoms with Crippen molar-refractivity contribution in [2.45, 2.75) is 0 Å². The average molecular weight is 605 g/mol. The van der Waals surface area contributed by atoms with Gasteiger partial charge in [0.2, 0.25) is 0 Å². The fraction of sp³-hybridized carbons (Fsp3) is 0.0238. The van der Waals surface area contributed by atoms with Gasteiger partial charge >= 0.3 is 0 Å². The van der Waals surface area contributed by atoms with Crippen molar-refractivity contribution in [3.63, 3.8) is 0 Å². The van der Waals surface area contributed by atoms with Crippen molar-refractivity contribution < 1.29 is 4.42 Å². The van der Waals surface area contributed by atoms with Crippen molar-refractivity contribution in [3.05, 3.63) is 146 Å².